The van der Waals surface area contributed by atoms with Gasteiger partial charge in [-0.1, -0.05) is 23.2 Å². The van der Waals surface area contributed by atoms with Gasteiger partial charge in [0.1, 0.15) is 11.3 Å². The van der Waals surface area contributed by atoms with Gasteiger partial charge in [-0.25, -0.2) is 9.37 Å². The first-order chi connectivity index (χ1) is 11.9. The molecule has 0 aliphatic rings. The van der Waals surface area contributed by atoms with Crippen LogP contribution in [0.3, 0.4) is 0 Å². The van der Waals surface area contributed by atoms with Crippen molar-refractivity contribution in [3.8, 4) is 5.75 Å². The number of aromatic nitrogens is 1. The molecule has 0 spiro atoms. The largest absolute Gasteiger partial charge is 0.480 e. The summed E-state index contributed by atoms with van der Waals surface area (Å²) in [6.45, 7) is 1.56. The summed E-state index contributed by atoms with van der Waals surface area (Å²) in [4.78, 5) is 16.4. The van der Waals surface area contributed by atoms with Crippen LogP contribution >= 0.6 is 23.2 Å². The van der Waals surface area contributed by atoms with Gasteiger partial charge in [0.05, 0.1) is 10.0 Å². The molecule has 0 radical (unpaired) electrons. The van der Waals surface area contributed by atoms with E-state index in [4.69, 9.17) is 27.9 Å². The predicted octanol–water partition coefficient (Wildman–Crippen LogP) is 5.01. The molecule has 0 bridgehead atoms. The third kappa shape index (κ3) is 4.00. The van der Waals surface area contributed by atoms with E-state index in [9.17, 15) is 9.18 Å². The molecule has 0 aliphatic carbocycles. The summed E-state index contributed by atoms with van der Waals surface area (Å²) in [5.41, 5.74) is 1.73. The number of fused-ring (bicyclic) bond motifs is 1. The van der Waals surface area contributed by atoms with Crippen molar-refractivity contribution in [2.45, 2.75) is 6.92 Å². The molecule has 0 unspecified atom stereocenters. The second-order valence-electron chi connectivity index (χ2n) is 5.36. The minimum absolute atomic E-state index is 0.269. The Morgan fingerprint density at radius 1 is 1.16 bits per heavy atom. The number of nitrogens with one attached hydrogen (secondary N) is 1. The van der Waals surface area contributed by atoms with E-state index in [1.54, 1.807) is 6.07 Å². The molecule has 3 aromatic rings. The highest BCUT2D eigenvalue weighted by atomic mass is 35.5. The van der Waals surface area contributed by atoms with Crippen LogP contribution < -0.4 is 10.1 Å². The molecule has 0 saturated heterocycles. The molecule has 1 heterocycles. The van der Waals surface area contributed by atoms with Crippen LogP contribution in [0.4, 0.5) is 10.1 Å². The Morgan fingerprint density at radius 3 is 2.60 bits per heavy atom. The van der Waals surface area contributed by atoms with Gasteiger partial charge in [-0.3, -0.25) is 4.79 Å². The van der Waals surface area contributed by atoms with Gasteiger partial charge in [-0.05, 0) is 49.4 Å². The lowest BCUT2D eigenvalue weighted by Gasteiger charge is -2.12. The molecule has 0 fully saturated rings. The maximum absolute atomic E-state index is 12.9. The first kappa shape index (κ1) is 17.5. The number of carbonyl (C=O) groups excluding carboxylic acids is 1. The summed E-state index contributed by atoms with van der Waals surface area (Å²) < 4.78 is 18.5. The van der Waals surface area contributed by atoms with Gasteiger partial charge in [0.2, 0.25) is 0 Å². The molecule has 25 heavy (non-hydrogen) atoms. The van der Waals surface area contributed by atoms with Crippen LogP contribution in [0.2, 0.25) is 10.0 Å². The van der Waals surface area contributed by atoms with Gasteiger partial charge in [0.25, 0.3) is 5.91 Å². The molecular formula is C18H13Cl2FN2O2. The van der Waals surface area contributed by atoms with Crippen molar-refractivity contribution in [1.29, 1.82) is 0 Å². The number of halogens is 3. The highest BCUT2D eigenvalue weighted by Gasteiger charge is 2.14. The van der Waals surface area contributed by atoms with Crippen LogP contribution in [0.1, 0.15) is 5.69 Å². The quantitative estimate of drug-likeness (QED) is 0.694. The molecule has 1 aromatic heterocycles. The Bertz CT molecular complexity index is 946. The van der Waals surface area contributed by atoms with Crippen molar-refractivity contribution < 1.29 is 13.9 Å². The third-order valence-electron chi connectivity index (χ3n) is 3.45. The molecular weight excluding hydrogens is 366 g/mol. The van der Waals surface area contributed by atoms with Crippen molar-refractivity contribution in [2.75, 3.05) is 11.9 Å². The number of anilines is 1. The van der Waals surface area contributed by atoms with Crippen LogP contribution in [0.15, 0.2) is 42.5 Å². The number of nitrogens with zero attached hydrogens (tertiary/aromatic N) is 1. The summed E-state index contributed by atoms with van der Waals surface area (Å²) in [7, 11) is 0. The number of benzene rings is 2. The first-order valence-corrected chi connectivity index (χ1v) is 8.13. The molecule has 1 N–H and O–H groups in total. The molecule has 7 heteroatoms. The van der Waals surface area contributed by atoms with E-state index in [1.165, 1.54) is 24.3 Å². The van der Waals surface area contributed by atoms with Crippen LogP contribution in [0.5, 0.6) is 5.75 Å². The summed E-state index contributed by atoms with van der Waals surface area (Å²) in [6, 6.07) is 10.6. The van der Waals surface area contributed by atoms with Crippen LogP contribution in [-0.4, -0.2) is 17.5 Å². The smallest absolute Gasteiger partial charge is 0.262 e. The number of ether oxygens (including phenoxy) is 1. The van der Waals surface area contributed by atoms with Crippen molar-refractivity contribution in [1.82, 2.24) is 4.98 Å². The molecule has 0 atom stereocenters. The standard InChI is InChI=1S/C18H13Cl2FN2O2/c1-10-2-7-13-14(19)8-15(20)18(17(13)22-10)25-9-16(24)23-12-5-3-11(21)4-6-12/h2-8H,9H2,1H3,(H,23,24). The Kier molecular flexibility index (Phi) is 5.06. The monoisotopic (exact) mass is 378 g/mol. The number of rotatable bonds is 4. The Hall–Kier alpha value is -2.37. The van der Waals surface area contributed by atoms with E-state index in [-0.39, 0.29) is 17.4 Å². The van der Waals surface area contributed by atoms with Crippen LogP contribution in [0.25, 0.3) is 10.9 Å². The molecule has 128 valence electrons. The van der Waals surface area contributed by atoms with Gasteiger partial charge in [-0.2, -0.15) is 0 Å². The summed E-state index contributed by atoms with van der Waals surface area (Å²) >= 11 is 12.4. The van der Waals surface area contributed by atoms with Crippen molar-refractivity contribution in [3.05, 3.63) is 64.0 Å². The average Bonchev–Trinajstić information content (AvgIpc) is 2.56. The number of aryl methyl sites for hydroxylation is 1. The topological polar surface area (TPSA) is 51.2 Å². The zero-order valence-electron chi connectivity index (χ0n) is 13.1. The van der Waals surface area contributed by atoms with Crippen molar-refractivity contribution >= 4 is 45.7 Å². The number of amides is 1. The molecule has 0 saturated carbocycles. The Labute approximate surface area is 153 Å². The Morgan fingerprint density at radius 2 is 1.88 bits per heavy atom. The third-order valence-corrected chi connectivity index (χ3v) is 4.05. The second kappa shape index (κ2) is 7.25. The lowest BCUT2D eigenvalue weighted by Crippen LogP contribution is -2.20. The second-order valence-corrected chi connectivity index (χ2v) is 6.18. The number of hydrogen-bond acceptors (Lipinski definition) is 3. The number of hydrogen-bond donors (Lipinski definition) is 1. The van der Waals surface area contributed by atoms with Gasteiger partial charge < -0.3 is 10.1 Å². The predicted molar refractivity (Wildman–Crippen MR) is 97.0 cm³/mol. The van der Waals surface area contributed by atoms with E-state index >= 15 is 0 Å². The molecule has 0 aliphatic heterocycles. The number of carbonyl (C=O) groups is 1. The van der Waals surface area contributed by atoms with Crippen molar-refractivity contribution in [2.24, 2.45) is 0 Å². The van der Waals surface area contributed by atoms with Gasteiger partial charge in [-0.15, -0.1) is 0 Å². The highest BCUT2D eigenvalue weighted by Crippen LogP contribution is 2.37. The van der Waals surface area contributed by atoms with E-state index in [0.29, 0.717) is 27.4 Å². The molecule has 2 aromatic carbocycles. The van der Waals surface area contributed by atoms with E-state index in [1.807, 2.05) is 19.1 Å². The maximum atomic E-state index is 12.9. The summed E-state index contributed by atoms with van der Waals surface area (Å²) in [6.07, 6.45) is 0. The van der Waals surface area contributed by atoms with E-state index < -0.39 is 5.91 Å². The minimum atomic E-state index is -0.404. The highest BCUT2D eigenvalue weighted by molar-refractivity contribution is 6.39. The summed E-state index contributed by atoms with van der Waals surface area (Å²) in [5, 5.41) is 4.02. The molecule has 3 rings (SSSR count). The zero-order chi connectivity index (χ0) is 18.0. The van der Waals surface area contributed by atoms with Gasteiger partial charge in [0, 0.05) is 16.8 Å². The van der Waals surface area contributed by atoms with Gasteiger partial charge >= 0.3 is 0 Å². The average molecular weight is 379 g/mol. The lowest BCUT2D eigenvalue weighted by molar-refractivity contribution is -0.118. The lowest BCUT2D eigenvalue weighted by atomic mass is 10.2. The molecule has 1 amide bonds. The SMILES string of the molecule is Cc1ccc2c(Cl)cc(Cl)c(OCC(=O)Nc3ccc(F)cc3)c2n1. The fraction of sp³-hybridized carbons (Fsp3) is 0.111. The first-order valence-electron chi connectivity index (χ1n) is 7.37. The zero-order valence-corrected chi connectivity index (χ0v) is 14.7. The summed E-state index contributed by atoms with van der Waals surface area (Å²) in [5.74, 6) is -0.493. The van der Waals surface area contributed by atoms with Gasteiger partial charge in [0.15, 0.2) is 12.4 Å². The fourth-order valence-electron chi connectivity index (χ4n) is 2.30. The maximum Gasteiger partial charge on any atom is 0.262 e. The van der Waals surface area contributed by atoms with Crippen molar-refractivity contribution in [3.63, 3.8) is 0 Å². The van der Waals surface area contributed by atoms with Crippen LogP contribution in [-0.2, 0) is 4.79 Å². The number of pyridine rings is 1. The van der Waals surface area contributed by atoms with Crippen LogP contribution in [0, 0.1) is 12.7 Å². The molecule has 4 nitrogen and oxygen atoms in total. The Balaban J connectivity index is 1.79. The van der Waals surface area contributed by atoms with E-state index in [0.717, 1.165) is 5.69 Å². The fourth-order valence-corrected chi connectivity index (χ4v) is 2.87. The normalized spacial score (nSPS) is 10.7. The minimum Gasteiger partial charge on any atom is -0.480 e. The van der Waals surface area contributed by atoms with E-state index in [2.05, 4.69) is 10.3 Å².